The van der Waals surface area contributed by atoms with Gasteiger partial charge in [0.2, 0.25) is 0 Å². The Labute approximate surface area is 112 Å². The summed E-state index contributed by atoms with van der Waals surface area (Å²) >= 11 is 3.35. The lowest BCUT2D eigenvalue weighted by Gasteiger charge is -2.14. The predicted octanol–water partition coefficient (Wildman–Crippen LogP) is 4.11. The molecule has 0 radical (unpaired) electrons. The Hall–Kier alpha value is -0.750. The molecule has 1 aromatic rings. The third-order valence-corrected chi connectivity index (χ3v) is 2.87. The van der Waals surface area contributed by atoms with E-state index in [-0.39, 0.29) is 0 Å². The van der Waals surface area contributed by atoms with Crippen LogP contribution in [-0.4, -0.2) is 19.6 Å². The fraction of sp³-hybridized carbons (Fsp3) is 0.500. The fourth-order valence-electron chi connectivity index (χ4n) is 1.60. The number of benzene rings is 1. The molecule has 0 spiro atoms. The fourth-order valence-corrected chi connectivity index (χ4v) is 1.93. The summed E-state index contributed by atoms with van der Waals surface area (Å²) < 4.78 is 45.2. The molecule has 6 heteroatoms. The number of alkyl halides is 4. The molecule has 0 saturated heterocycles. The maximum atomic E-state index is 11.9. The first kappa shape index (κ1) is 15.3. The third-order valence-electron chi connectivity index (χ3n) is 2.23. The number of aryl methyl sites for hydroxylation is 2. The summed E-state index contributed by atoms with van der Waals surface area (Å²) in [5.41, 5.74) is 2.84. The third kappa shape index (κ3) is 4.86. The second-order valence-electron chi connectivity index (χ2n) is 3.92. The highest BCUT2D eigenvalue weighted by Crippen LogP contribution is 2.26. The highest BCUT2D eigenvalue weighted by atomic mass is 79.9. The zero-order valence-electron chi connectivity index (χ0n) is 10.1. The van der Waals surface area contributed by atoms with Gasteiger partial charge < -0.3 is 9.47 Å². The van der Waals surface area contributed by atoms with Crippen LogP contribution in [0, 0.1) is 13.8 Å². The molecular weight excluding hydrogens is 313 g/mol. The summed E-state index contributed by atoms with van der Waals surface area (Å²) in [7, 11) is 0. The van der Waals surface area contributed by atoms with Crippen molar-refractivity contribution in [2.45, 2.75) is 25.4 Å². The maximum Gasteiger partial charge on any atom is 0.411 e. The topological polar surface area (TPSA) is 18.5 Å². The van der Waals surface area contributed by atoms with Crippen molar-refractivity contribution in [1.29, 1.82) is 0 Å². The highest BCUT2D eigenvalue weighted by Gasteiger charge is 2.27. The standard InChI is InChI=1S/C12H14BrF3O2/c1-8-3-10(5-13)4-9(2)11(8)18-7-17-6-12(14,15)16/h3-4H,5-7H2,1-2H3. The Morgan fingerprint density at radius 2 is 1.72 bits per heavy atom. The van der Waals surface area contributed by atoms with Crippen molar-refractivity contribution in [1.82, 2.24) is 0 Å². The quantitative estimate of drug-likeness (QED) is 0.460. The van der Waals surface area contributed by atoms with Gasteiger partial charge in [0.05, 0.1) is 0 Å². The van der Waals surface area contributed by atoms with Gasteiger partial charge in [-0.2, -0.15) is 13.2 Å². The van der Waals surface area contributed by atoms with Gasteiger partial charge in [-0.3, -0.25) is 0 Å². The lowest BCUT2D eigenvalue weighted by atomic mass is 10.1. The second-order valence-corrected chi connectivity index (χ2v) is 4.48. The molecule has 0 bridgehead atoms. The van der Waals surface area contributed by atoms with Crippen LogP contribution < -0.4 is 4.74 Å². The van der Waals surface area contributed by atoms with Gasteiger partial charge in [0.1, 0.15) is 12.4 Å². The van der Waals surface area contributed by atoms with Gasteiger partial charge in [0.15, 0.2) is 6.79 Å². The minimum Gasteiger partial charge on any atom is -0.467 e. The summed E-state index contributed by atoms with van der Waals surface area (Å²) in [5, 5.41) is 0.722. The Kier molecular flexibility index (Phi) is 5.47. The van der Waals surface area contributed by atoms with Gasteiger partial charge in [-0.15, -0.1) is 0 Å². The molecule has 2 nitrogen and oxygen atoms in total. The number of rotatable bonds is 5. The van der Waals surface area contributed by atoms with E-state index in [1.165, 1.54) is 0 Å². The molecule has 18 heavy (non-hydrogen) atoms. The van der Waals surface area contributed by atoms with E-state index in [0.29, 0.717) is 5.75 Å². The van der Waals surface area contributed by atoms with Crippen molar-refractivity contribution >= 4 is 15.9 Å². The van der Waals surface area contributed by atoms with Crippen LogP contribution >= 0.6 is 15.9 Å². The molecular formula is C12H14BrF3O2. The van der Waals surface area contributed by atoms with E-state index in [0.717, 1.165) is 22.0 Å². The lowest BCUT2D eigenvalue weighted by molar-refractivity contribution is -0.186. The number of hydrogen-bond acceptors (Lipinski definition) is 2. The molecule has 0 aliphatic rings. The van der Waals surface area contributed by atoms with Crippen LogP contribution in [0.2, 0.25) is 0 Å². The largest absolute Gasteiger partial charge is 0.467 e. The van der Waals surface area contributed by atoms with Gasteiger partial charge in [-0.25, -0.2) is 0 Å². The number of halogens is 4. The highest BCUT2D eigenvalue weighted by molar-refractivity contribution is 9.08. The van der Waals surface area contributed by atoms with Crippen LogP contribution in [0.25, 0.3) is 0 Å². The van der Waals surface area contributed by atoms with Gasteiger partial charge in [-0.05, 0) is 30.5 Å². The predicted molar refractivity (Wildman–Crippen MR) is 66.0 cm³/mol. The summed E-state index contributed by atoms with van der Waals surface area (Å²) in [6.07, 6.45) is -4.33. The Bertz CT molecular complexity index is 382. The molecule has 0 amide bonds. The molecule has 0 N–H and O–H groups in total. The van der Waals surface area contributed by atoms with E-state index in [1.807, 2.05) is 26.0 Å². The SMILES string of the molecule is Cc1cc(CBr)cc(C)c1OCOCC(F)(F)F. The first-order valence-electron chi connectivity index (χ1n) is 5.27. The monoisotopic (exact) mass is 326 g/mol. The average molecular weight is 327 g/mol. The minimum absolute atomic E-state index is 0.408. The van der Waals surface area contributed by atoms with Crippen LogP contribution in [0.15, 0.2) is 12.1 Å². The van der Waals surface area contributed by atoms with E-state index >= 15 is 0 Å². The van der Waals surface area contributed by atoms with E-state index in [4.69, 9.17) is 4.74 Å². The first-order chi connectivity index (χ1) is 8.33. The van der Waals surface area contributed by atoms with Crippen LogP contribution in [0.4, 0.5) is 13.2 Å². The Morgan fingerprint density at radius 3 is 2.17 bits per heavy atom. The van der Waals surface area contributed by atoms with Crippen molar-refractivity contribution in [2.75, 3.05) is 13.4 Å². The van der Waals surface area contributed by atoms with Crippen molar-refractivity contribution < 1.29 is 22.6 Å². The van der Waals surface area contributed by atoms with Crippen molar-refractivity contribution in [2.24, 2.45) is 0 Å². The van der Waals surface area contributed by atoms with Crippen molar-refractivity contribution in [3.8, 4) is 5.75 Å². The molecule has 0 aromatic heterocycles. The minimum atomic E-state index is -4.33. The molecule has 0 atom stereocenters. The molecule has 102 valence electrons. The summed E-state index contributed by atoms with van der Waals surface area (Å²) in [4.78, 5) is 0. The second kappa shape index (κ2) is 6.43. The molecule has 0 heterocycles. The van der Waals surface area contributed by atoms with Gasteiger partial charge in [-0.1, -0.05) is 28.1 Å². The summed E-state index contributed by atoms with van der Waals surface area (Å²) in [5.74, 6) is 0.571. The zero-order valence-corrected chi connectivity index (χ0v) is 11.7. The van der Waals surface area contributed by atoms with E-state index in [1.54, 1.807) is 0 Å². The molecule has 1 rings (SSSR count). The molecule has 0 unspecified atom stereocenters. The van der Waals surface area contributed by atoms with Crippen LogP contribution in [0.3, 0.4) is 0 Å². The zero-order chi connectivity index (χ0) is 13.8. The number of hydrogen-bond donors (Lipinski definition) is 0. The smallest absolute Gasteiger partial charge is 0.411 e. The van der Waals surface area contributed by atoms with Crippen LogP contribution in [-0.2, 0) is 10.1 Å². The van der Waals surface area contributed by atoms with E-state index in [9.17, 15) is 13.2 Å². The van der Waals surface area contributed by atoms with Crippen LogP contribution in [0.5, 0.6) is 5.75 Å². The van der Waals surface area contributed by atoms with Gasteiger partial charge >= 0.3 is 6.18 Å². The molecule has 1 aromatic carbocycles. The maximum absolute atomic E-state index is 11.9. The first-order valence-corrected chi connectivity index (χ1v) is 6.39. The van der Waals surface area contributed by atoms with Gasteiger partial charge in [0, 0.05) is 5.33 Å². The lowest BCUT2D eigenvalue weighted by Crippen LogP contribution is -2.19. The average Bonchev–Trinajstić information content (AvgIpc) is 2.25. The van der Waals surface area contributed by atoms with Crippen molar-refractivity contribution in [3.05, 3.63) is 28.8 Å². The van der Waals surface area contributed by atoms with E-state index < -0.39 is 19.6 Å². The Balaban J connectivity index is 2.57. The number of ether oxygens (including phenoxy) is 2. The summed E-state index contributed by atoms with van der Waals surface area (Å²) in [6.45, 7) is 1.98. The normalized spacial score (nSPS) is 11.7. The molecule has 0 fully saturated rings. The van der Waals surface area contributed by atoms with Crippen LogP contribution in [0.1, 0.15) is 16.7 Å². The van der Waals surface area contributed by atoms with Crippen molar-refractivity contribution in [3.63, 3.8) is 0 Å². The van der Waals surface area contributed by atoms with E-state index in [2.05, 4.69) is 20.7 Å². The van der Waals surface area contributed by atoms with Gasteiger partial charge in [0.25, 0.3) is 0 Å². The Morgan fingerprint density at radius 1 is 1.17 bits per heavy atom. The summed E-state index contributed by atoms with van der Waals surface area (Å²) in [6, 6.07) is 3.84. The molecule has 0 aliphatic heterocycles. The molecule has 0 aliphatic carbocycles. The molecule has 0 saturated carbocycles.